The minimum absolute atomic E-state index is 0.00821. The summed E-state index contributed by atoms with van der Waals surface area (Å²) >= 11 is -1.82. The van der Waals surface area contributed by atoms with Gasteiger partial charge in [-0.1, -0.05) is 13.3 Å². The van der Waals surface area contributed by atoms with Crippen LogP contribution in [0.15, 0.2) is 4.99 Å². The molecule has 0 aliphatic carbocycles. The third kappa shape index (κ3) is 13.3. The molecule has 26 heavy (non-hydrogen) atoms. The number of carbonyl (C=O) groups is 3. The first-order valence-electron chi connectivity index (χ1n) is 8.16. The molecule has 0 aromatic rings. The Balaban J connectivity index is 4.10. The number of rotatable bonds is 14. The highest BCUT2D eigenvalue weighted by Crippen LogP contribution is 1.93. The van der Waals surface area contributed by atoms with Gasteiger partial charge in [0, 0.05) is 19.5 Å². The van der Waals surface area contributed by atoms with E-state index < -0.39 is 23.2 Å². The van der Waals surface area contributed by atoms with Gasteiger partial charge >= 0.3 is 0 Å². The van der Waals surface area contributed by atoms with Crippen LogP contribution in [0.2, 0.25) is 0 Å². The second-order valence-corrected chi connectivity index (χ2v) is 6.28. The van der Waals surface area contributed by atoms with Crippen LogP contribution in [-0.4, -0.2) is 60.0 Å². The number of nitrogens with zero attached hydrogens (tertiary/aromatic N) is 1. The number of nitrogens with one attached hydrogen (secondary N) is 3. The summed E-state index contributed by atoms with van der Waals surface area (Å²) in [5, 5.41) is 5.00. The second kappa shape index (κ2) is 14.2. The van der Waals surface area contributed by atoms with Crippen LogP contribution in [0.5, 0.6) is 0 Å². The molecule has 2 atom stereocenters. The van der Waals surface area contributed by atoms with Crippen molar-refractivity contribution in [3.05, 3.63) is 0 Å². The minimum atomic E-state index is -1.82. The van der Waals surface area contributed by atoms with Crippen LogP contribution in [0, 0.1) is 0 Å². The zero-order valence-electron chi connectivity index (χ0n) is 15.1. The lowest BCUT2D eigenvalue weighted by Crippen LogP contribution is -2.46. The van der Waals surface area contributed by atoms with Gasteiger partial charge in [-0.15, -0.1) is 0 Å². The van der Waals surface area contributed by atoms with Gasteiger partial charge in [0.15, 0.2) is 5.96 Å². The Hall–Kier alpha value is -2.05. The van der Waals surface area contributed by atoms with Crippen molar-refractivity contribution in [2.45, 2.75) is 39.2 Å². The molecule has 0 spiro atoms. The van der Waals surface area contributed by atoms with E-state index in [2.05, 4.69) is 20.3 Å². The fourth-order valence-electron chi connectivity index (χ4n) is 1.54. The van der Waals surface area contributed by atoms with E-state index in [4.69, 9.17) is 15.7 Å². The number of ketones is 1. The van der Waals surface area contributed by atoms with Crippen molar-refractivity contribution in [1.82, 2.24) is 15.4 Å². The molecule has 0 aromatic heterocycles. The molecule has 0 fully saturated rings. The van der Waals surface area contributed by atoms with Gasteiger partial charge in [0.25, 0.3) is 0 Å². The molecule has 150 valence electrons. The Morgan fingerprint density at radius 3 is 2.46 bits per heavy atom. The van der Waals surface area contributed by atoms with E-state index in [0.29, 0.717) is 6.61 Å². The van der Waals surface area contributed by atoms with Gasteiger partial charge in [-0.2, -0.15) is 0 Å². The van der Waals surface area contributed by atoms with Gasteiger partial charge in [-0.3, -0.25) is 18.6 Å². The van der Waals surface area contributed by atoms with Gasteiger partial charge in [0.2, 0.25) is 23.1 Å². The molecule has 0 radical (unpaired) electrons. The first-order valence-corrected chi connectivity index (χ1v) is 9.24. The molecule has 12 heteroatoms. The molecule has 0 aromatic carbocycles. The summed E-state index contributed by atoms with van der Waals surface area (Å²) in [4.78, 5) is 38.2. The molecular formula is C14H28N6O5S. The van der Waals surface area contributed by atoms with Crippen LogP contribution >= 0.6 is 0 Å². The van der Waals surface area contributed by atoms with E-state index in [9.17, 15) is 18.6 Å². The Morgan fingerprint density at radius 2 is 1.88 bits per heavy atom. The van der Waals surface area contributed by atoms with Crippen molar-refractivity contribution in [1.29, 1.82) is 0 Å². The molecule has 11 nitrogen and oxygen atoms in total. The van der Waals surface area contributed by atoms with Crippen LogP contribution < -0.4 is 26.8 Å². The van der Waals surface area contributed by atoms with E-state index in [1.54, 1.807) is 0 Å². The highest BCUT2D eigenvalue weighted by molar-refractivity contribution is 7.78. The second-order valence-electron chi connectivity index (χ2n) is 5.34. The molecule has 2 amide bonds. The largest absolute Gasteiger partial charge is 0.370 e. The van der Waals surface area contributed by atoms with Gasteiger partial charge in [0.05, 0.1) is 12.6 Å². The summed E-state index contributed by atoms with van der Waals surface area (Å²) in [7, 11) is 0. The minimum Gasteiger partial charge on any atom is -0.370 e. The summed E-state index contributed by atoms with van der Waals surface area (Å²) < 4.78 is 19.2. The topological polar surface area (TPSA) is 178 Å². The Morgan fingerprint density at radius 1 is 1.19 bits per heavy atom. The van der Waals surface area contributed by atoms with Crippen molar-refractivity contribution in [2.24, 2.45) is 16.5 Å². The number of guanidine groups is 1. The zero-order valence-corrected chi connectivity index (χ0v) is 15.9. The molecule has 0 bridgehead atoms. The van der Waals surface area contributed by atoms with E-state index in [1.165, 1.54) is 6.92 Å². The number of nitrogens with two attached hydrogens (primary N) is 2. The monoisotopic (exact) mass is 392 g/mol. The number of carbonyl (C=O) groups excluding carboxylic acids is 3. The molecule has 0 aliphatic rings. The van der Waals surface area contributed by atoms with Crippen LogP contribution in [0.1, 0.15) is 33.1 Å². The standard InChI is InChI=1S/C14H28N6O5S/c1-3-4-7-25-26(24)20-11(10(2)21)8-18-12(22)5-6-17-13(23)9-19-14(15)16/h11,20H,3-9H2,1-2H3,(H,17,23)(H,18,22)(H4,15,16,19). The summed E-state index contributed by atoms with van der Waals surface area (Å²) in [5.41, 5.74) is 10.2. The van der Waals surface area contributed by atoms with Crippen molar-refractivity contribution in [2.75, 3.05) is 26.2 Å². The average molecular weight is 392 g/mol. The lowest BCUT2D eigenvalue weighted by Gasteiger charge is -2.15. The SMILES string of the molecule is CCCCOS(=O)NC(CNC(=O)CCNC(=O)CN=C(N)N)C(C)=O. The Bertz CT molecular complexity index is 524. The molecule has 0 saturated carbocycles. The molecule has 0 heterocycles. The fraction of sp³-hybridized carbons (Fsp3) is 0.714. The molecule has 2 unspecified atom stereocenters. The van der Waals surface area contributed by atoms with E-state index in [-0.39, 0.29) is 43.7 Å². The number of aliphatic imine (C=N–C) groups is 1. The number of hydrogen-bond donors (Lipinski definition) is 5. The van der Waals surface area contributed by atoms with Crippen LogP contribution in [0.3, 0.4) is 0 Å². The first-order chi connectivity index (χ1) is 12.3. The maximum Gasteiger partial charge on any atom is 0.241 e. The molecule has 0 rings (SSSR count). The predicted octanol–water partition coefficient (Wildman–Crippen LogP) is -2.18. The van der Waals surface area contributed by atoms with Gasteiger partial charge in [-0.05, 0) is 13.3 Å². The summed E-state index contributed by atoms with van der Waals surface area (Å²) in [5.74, 6) is -1.29. The molecular weight excluding hydrogens is 364 g/mol. The van der Waals surface area contributed by atoms with Crippen molar-refractivity contribution < 1.29 is 22.8 Å². The lowest BCUT2D eigenvalue weighted by molar-refractivity contribution is -0.122. The van der Waals surface area contributed by atoms with Crippen LogP contribution in [-0.2, 0) is 29.8 Å². The van der Waals surface area contributed by atoms with Gasteiger partial charge < -0.3 is 22.1 Å². The number of Topliss-reactive ketones (excluding diaryl/α,β-unsaturated/α-hetero) is 1. The number of unbranched alkanes of at least 4 members (excludes halogenated alkanes) is 1. The van der Waals surface area contributed by atoms with Crippen molar-refractivity contribution in [3.63, 3.8) is 0 Å². The quantitative estimate of drug-likeness (QED) is 0.127. The van der Waals surface area contributed by atoms with Crippen LogP contribution in [0.4, 0.5) is 0 Å². The molecule has 7 N–H and O–H groups in total. The number of hydrogen-bond acceptors (Lipinski definition) is 6. The van der Waals surface area contributed by atoms with Gasteiger partial charge in [-0.25, -0.2) is 13.9 Å². The van der Waals surface area contributed by atoms with Crippen molar-refractivity contribution >= 4 is 34.8 Å². The smallest absolute Gasteiger partial charge is 0.241 e. The van der Waals surface area contributed by atoms with Gasteiger partial charge in [0.1, 0.15) is 12.3 Å². The fourth-order valence-corrected chi connectivity index (χ4v) is 2.36. The molecule has 0 aliphatic heterocycles. The Labute approximate surface area is 155 Å². The average Bonchev–Trinajstić information content (AvgIpc) is 2.56. The molecule has 0 saturated heterocycles. The maximum absolute atomic E-state index is 11.7. The summed E-state index contributed by atoms with van der Waals surface area (Å²) in [6.07, 6.45) is 1.66. The Kier molecular flexibility index (Phi) is 13.0. The van der Waals surface area contributed by atoms with Crippen LogP contribution in [0.25, 0.3) is 0 Å². The number of amides is 2. The predicted molar refractivity (Wildman–Crippen MR) is 97.9 cm³/mol. The highest BCUT2D eigenvalue weighted by Gasteiger charge is 2.18. The van der Waals surface area contributed by atoms with E-state index in [0.717, 1.165) is 12.8 Å². The summed E-state index contributed by atoms with van der Waals surface area (Å²) in [6, 6.07) is -0.835. The van der Waals surface area contributed by atoms with E-state index in [1.807, 2.05) is 6.92 Å². The summed E-state index contributed by atoms with van der Waals surface area (Å²) in [6.45, 7) is 3.43. The maximum atomic E-state index is 11.7. The normalized spacial score (nSPS) is 12.7. The third-order valence-corrected chi connectivity index (χ3v) is 3.86. The lowest BCUT2D eigenvalue weighted by atomic mass is 10.2. The van der Waals surface area contributed by atoms with Crippen molar-refractivity contribution in [3.8, 4) is 0 Å². The zero-order chi connectivity index (χ0) is 19.9. The first kappa shape index (κ1) is 23.9. The highest BCUT2D eigenvalue weighted by atomic mass is 32.2. The third-order valence-electron chi connectivity index (χ3n) is 3.00. The van der Waals surface area contributed by atoms with E-state index >= 15 is 0 Å².